The highest BCUT2D eigenvalue weighted by Crippen LogP contribution is 2.24. The number of nitrogens with zero attached hydrogens (tertiary/aromatic N) is 1. The van der Waals surface area contributed by atoms with Crippen LogP contribution >= 0.6 is 0 Å². The molecule has 4 N–H and O–H groups in total. The second-order valence-corrected chi connectivity index (χ2v) is 7.98. The molecule has 31 heavy (non-hydrogen) atoms. The second kappa shape index (κ2) is 9.34. The molecule has 1 atom stereocenters. The van der Waals surface area contributed by atoms with Crippen molar-refractivity contribution in [2.45, 2.75) is 50.3 Å². The fourth-order valence-corrected chi connectivity index (χ4v) is 4.00. The molecule has 1 aliphatic rings. The van der Waals surface area contributed by atoms with E-state index < -0.39 is 11.9 Å². The summed E-state index contributed by atoms with van der Waals surface area (Å²) >= 11 is 0. The number of imidazole rings is 1. The molecule has 0 unspecified atom stereocenters. The van der Waals surface area contributed by atoms with Gasteiger partial charge in [-0.3, -0.25) is 0 Å². The van der Waals surface area contributed by atoms with E-state index in [-0.39, 0.29) is 24.6 Å². The van der Waals surface area contributed by atoms with Crippen molar-refractivity contribution in [2.75, 3.05) is 7.11 Å². The lowest BCUT2D eigenvalue weighted by molar-refractivity contribution is 0.117. The van der Waals surface area contributed by atoms with Crippen LogP contribution in [0, 0.1) is 5.82 Å². The molecule has 8 heteroatoms. The van der Waals surface area contributed by atoms with Crippen LogP contribution in [-0.2, 0) is 6.42 Å². The van der Waals surface area contributed by atoms with Crippen LogP contribution in [-0.4, -0.2) is 40.4 Å². The molecule has 1 aliphatic carbocycles. The molecule has 1 heterocycles. The van der Waals surface area contributed by atoms with Gasteiger partial charge in [0.15, 0.2) is 0 Å². The van der Waals surface area contributed by atoms with Gasteiger partial charge in [-0.1, -0.05) is 18.2 Å². The van der Waals surface area contributed by atoms with E-state index in [0.29, 0.717) is 30.0 Å². The number of aliphatic hydroxyl groups is 1. The van der Waals surface area contributed by atoms with Crippen molar-refractivity contribution in [1.82, 2.24) is 20.6 Å². The molecule has 4 rings (SSSR count). The number of methoxy groups -OCH3 is 1. The maximum atomic E-state index is 14.6. The van der Waals surface area contributed by atoms with Gasteiger partial charge in [0.05, 0.1) is 30.3 Å². The summed E-state index contributed by atoms with van der Waals surface area (Å²) in [6.07, 6.45) is 2.76. The van der Waals surface area contributed by atoms with Gasteiger partial charge in [0.25, 0.3) is 0 Å². The molecular formula is C23H27FN4O3. The SMILES string of the molecule is COc1ccc(C[C@@H](NC(=O)NC2CCC(O)CC2)c2nc3ccccc3[nH]2)c(F)c1. The molecule has 1 saturated carbocycles. The molecule has 3 aromatic rings. The number of ether oxygens (including phenoxy) is 1. The van der Waals surface area contributed by atoms with Gasteiger partial charge < -0.3 is 25.5 Å². The monoisotopic (exact) mass is 426 g/mol. The van der Waals surface area contributed by atoms with Crippen molar-refractivity contribution in [1.29, 1.82) is 0 Å². The number of nitrogens with one attached hydrogen (secondary N) is 3. The zero-order chi connectivity index (χ0) is 21.8. The second-order valence-electron chi connectivity index (χ2n) is 7.98. The number of para-hydroxylation sites is 2. The van der Waals surface area contributed by atoms with Gasteiger partial charge in [-0.05, 0) is 49.4 Å². The van der Waals surface area contributed by atoms with Gasteiger partial charge in [-0.15, -0.1) is 0 Å². The molecule has 1 fully saturated rings. The van der Waals surface area contributed by atoms with Crippen molar-refractivity contribution in [2.24, 2.45) is 0 Å². The quantitative estimate of drug-likeness (QED) is 0.484. The fourth-order valence-electron chi connectivity index (χ4n) is 4.00. The van der Waals surface area contributed by atoms with Gasteiger partial charge >= 0.3 is 6.03 Å². The van der Waals surface area contributed by atoms with Gasteiger partial charge in [-0.2, -0.15) is 0 Å². The molecule has 164 valence electrons. The smallest absolute Gasteiger partial charge is 0.315 e. The molecule has 2 aromatic carbocycles. The number of aromatic nitrogens is 2. The Balaban J connectivity index is 1.54. The zero-order valence-corrected chi connectivity index (χ0v) is 17.4. The minimum Gasteiger partial charge on any atom is -0.497 e. The Labute approximate surface area is 180 Å². The van der Waals surface area contributed by atoms with E-state index in [1.54, 1.807) is 12.1 Å². The van der Waals surface area contributed by atoms with Crippen molar-refractivity contribution < 1.29 is 19.0 Å². The Kier molecular flexibility index (Phi) is 6.36. The predicted octanol–water partition coefficient (Wildman–Crippen LogP) is 3.60. The number of H-pyrrole nitrogens is 1. The lowest BCUT2D eigenvalue weighted by Gasteiger charge is -2.27. The van der Waals surface area contributed by atoms with Gasteiger partial charge in [0.2, 0.25) is 0 Å². The molecule has 0 bridgehead atoms. The standard InChI is InChI=1S/C23H27FN4O3/c1-31-17-11-6-14(18(24)13-17)12-21(22-26-19-4-2-3-5-20(19)27-22)28-23(30)25-15-7-9-16(29)10-8-15/h2-6,11,13,15-16,21,29H,7-10,12H2,1H3,(H,26,27)(H2,25,28,30)/t15?,16?,21-/m1/s1. The van der Waals surface area contributed by atoms with Crippen LogP contribution in [0.1, 0.15) is 43.1 Å². The van der Waals surface area contributed by atoms with Crippen LogP contribution in [0.3, 0.4) is 0 Å². The van der Waals surface area contributed by atoms with Crippen molar-refractivity contribution >= 4 is 17.1 Å². The molecule has 2 amide bonds. The summed E-state index contributed by atoms with van der Waals surface area (Å²) < 4.78 is 19.7. The predicted molar refractivity (Wildman–Crippen MR) is 115 cm³/mol. The molecule has 0 spiro atoms. The van der Waals surface area contributed by atoms with E-state index in [1.165, 1.54) is 13.2 Å². The van der Waals surface area contributed by atoms with Crippen LogP contribution in [0.2, 0.25) is 0 Å². The van der Waals surface area contributed by atoms with E-state index in [2.05, 4.69) is 20.6 Å². The first-order valence-corrected chi connectivity index (χ1v) is 10.5. The van der Waals surface area contributed by atoms with E-state index in [0.717, 1.165) is 23.9 Å². The van der Waals surface area contributed by atoms with Crippen LogP contribution in [0.25, 0.3) is 11.0 Å². The number of hydrogen-bond acceptors (Lipinski definition) is 4. The molecule has 1 aromatic heterocycles. The topological polar surface area (TPSA) is 99.3 Å². The lowest BCUT2D eigenvalue weighted by Crippen LogP contribution is -2.45. The largest absolute Gasteiger partial charge is 0.497 e. The normalized spacial score (nSPS) is 19.7. The highest BCUT2D eigenvalue weighted by atomic mass is 19.1. The molecule has 7 nitrogen and oxygen atoms in total. The summed E-state index contributed by atoms with van der Waals surface area (Å²) in [6.45, 7) is 0. The Hall–Kier alpha value is -3.13. The Morgan fingerprint density at radius 2 is 2.03 bits per heavy atom. The zero-order valence-electron chi connectivity index (χ0n) is 17.4. The number of hydrogen-bond donors (Lipinski definition) is 4. The number of amides is 2. The van der Waals surface area contributed by atoms with E-state index in [4.69, 9.17) is 4.74 Å². The number of fused-ring (bicyclic) bond motifs is 1. The number of carbonyl (C=O) groups excluding carboxylic acids is 1. The Morgan fingerprint density at radius 3 is 2.74 bits per heavy atom. The average molecular weight is 426 g/mol. The number of aliphatic hydroxyl groups excluding tert-OH is 1. The fraction of sp³-hybridized carbons (Fsp3) is 0.391. The summed E-state index contributed by atoms with van der Waals surface area (Å²) in [5.74, 6) is 0.598. The third-order valence-electron chi connectivity index (χ3n) is 5.76. The van der Waals surface area contributed by atoms with Gasteiger partial charge in [0, 0.05) is 18.5 Å². The summed E-state index contributed by atoms with van der Waals surface area (Å²) in [7, 11) is 1.49. The van der Waals surface area contributed by atoms with Crippen LogP contribution in [0.5, 0.6) is 5.75 Å². The number of rotatable bonds is 6. The first-order valence-electron chi connectivity index (χ1n) is 10.5. The highest BCUT2D eigenvalue weighted by Gasteiger charge is 2.24. The Morgan fingerprint density at radius 1 is 1.26 bits per heavy atom. The first-order chi connectivity index (χ1) is 15.0. The molecule has 0 saturated heterocycles. The van der Waals surface area contributed by atoms with Gasteiger partial charge in [0.1, 0.15) is 17.4 Å². The number of benzene rings is 2. The van der Waals surface area contributed by atoms with E-state index in [1.807, 2.05) is 24.3 Å². The summed E-state index contributed by atoms with van der Waals surface area (Å²) in [6, 6.07) is 11.4. The maximum absolute atomic E-state index is 14.6. The van der Waals surface area contributed by atoms with E-state index >= 15 is 0 Å². The van der Waals surface area contributed by atoms with Crippen molar-refractivity contribution in [3.05, 3.63) is 59.7 Å². The summed E-state index contributed by atoms with van der Waals surface area (Å²) in [5, 5.41) is 15.6. The van der Waals surface area contributed by atoms with Gasteiger partial charge in [-0.25, -0.2) is 14.2 Å². The third kappa shape index (κ3) is 5.14. The van der Waals surface area contributed by atoms with Crippen LogP contribution < -0.4 is 15.4 Å². The summed E-state index contributed by atoms with van der Waals surface area (Å²) in [5.41, 5.74) is 2.08. The highest BCUT2D eigenvalue weighted by molar-refractivity contribution is 5.76. The molecule has 0 aliphatic heterocycles. The molecule has 0 radical (unpaired) electrons. The first kappa shape index (κ1) is 21.1. The number of halogens is 1. The van der Waals surface area contributed by atoms with Crippen LogP contribution in [0.15, 0.2) is 42.5 Å². The van der Waals surface area contributed by atoms with Crippen LogP contribution in [0.4, 0.5) is 9.18 Å². The van der Waals surface area contributed by atoms with Crippen molar-refractivity contribution in [3.63, 3.8) is 0 Å². The minimum atomic E-state index is -0.551. The van der Waals surface area contributed by atoms with Crippen molar-refractivity contribution in [3.8, 4) is 5.75 Å². The lowest BCUT2D eigenvalue weighted by atomic mass is 9.93. The number of urea groups is 1. The maximum Gasteiger partial charge on any atom is 0.315 e. The average Bonchev–Trinajstić information content (AvgIpc) is 3.20. The number of aromatic amines is 1. The molecular weight excluding hydrogens is 399 g/mol. The Bertz CT molecular complexity index is 1010. The number of carbonyl (C=O) groups is 1. The minimum absolute atomic E-state index is 0.0115. The van der Waals surface area contributed by atoms with E-state index in [9.17, 15) is 14.3 Å². The third-order valence-corrected chi connectivity index (χ3v) is 5.76. The summed E-state index contributed by atoms with van der Waals surface area (Å²) in [4.78, 5) is 20.6.